The summed E-state index contributed by atoms with van der Waals surface area (Å²) in [5, 5.41) is 1.76. The third kappa shape index (κ3) is 4.64. The Morgan fingerprint density at radius 1 is 1.08 bits per heavy atom. The molecule has 0 saturated heterocycles. The number of Topliss-reactive ketones (excluding diaryl/α,β-unsaturated/α-hetero) is 1. The number of ketones is 1. The molecule has 3 rings (SSSR count). The fourth-order valence-electron chi connectivity index (χ4n) is 2.69. The number of carbonyl (C=O) groups is 2. The molecule has 0 saturated carbocycles. The minimum absolute atomic E-state index is 0.0165. The van der Waals surface area contributed by atoms with E-state index in [0.29, 0.717) is 23.5 Å². The molecule has 0 N–H and O–H groups in total. The summed E-state index contributed by atoms with van der Waals surface area (Å²) in [6.07, 6.45) is 4.27. The van der Waals surface area contributed by atoms with Crippen molar-refractivity contribution < 1.29 is 9.59 Å². The Hall–Kier alpha value is -2.79. The molecule has 1 aromatic carbocycles. The Kier molecular flexibility index (Phi) is 5.92. The Labute approximate surface area is 157 Å². The van der Waals surface area contributed by atoms with E-state index in [1.165, 1.54) is 23.8 Å². The first kappa shape index (κ1) is 18.0. The zero-order chi connectivity index (χ0) is 18.4. The number of thiophene rings is 1. The second kappa shape index (κ2) is 8.54. The Morgan fingerprint density at radius 3 is 2.50 bits per heavy atom. The first-order valence-electron chi connectivity index (χ1n) is 8.45. The van der Waals surface area contributed by atoms with E-state index in [2.05, 4.69) is 17.1 Å². The molecule has 26 heavy (non-hydrogen) atoms. The smallest absolute Gasteiger partial charge is 0.255 e. The van der Waals surface area contributed by atoms with E-state index in [9.17, 15) is 9.59 Å². The van der Waals surface area contributed by atoms with E-state index in [1.54, 1.807) is 23.8 Å². The number of rotatable bonds is 7. The monoisotopic (exact) mass is 364 g/mol. The molecule has 0 bridgehead atoms. The molecule has 0 aliphatic rings. The van der Waals surface area contributed by atoms with Gasteiger partial charge in [0.25, 0.3) is 5.91 Å². The van der Waals surface area contributed by atoms with E-state index in [4.69, 9.17) is 0 Å². The van der Waals surface area contributed by atoms with E-state index in [-0.39, 0.29) is 11.7 Å². The maximum Gasteiger partial charge on any atom is 0.255 e. The first-order chi connectivity index (χ1) is 12.6. The summed E-state index contributed by atoms with van der Waals surface area (Å²) in [4.78, 5) is 31.1. The van der Waals surface area contributed by atoms with Crippen LogP contribution in [0.15, 0.2) is 66.3 Å². The van der Waals surface area contributed by atoms with Crippen LogP contribution in [0.4, 0.5) is 0 Å². The van der Waals surface area contributed by atoms with Crippen LogP contribution in [0.1, 0.15) is 38.1 Å². The third-order valence-electron chi connectivity index (χ3n) is 4.09. The maximum atomic E-state index is 13.0. The minimum atomic E-state index is -0.0615. The van der Waals surface area contributed by atoms with Crippen molar-refractivity contribution in [2.75, 3.05) is 6.54 Å². The molecule has 0 fully saturated rings. The molecule has 0 spiro atoms. The van der Waals surface area contributed by atoms with E-state index >= 15 is 0 Å². The lowest BCUT2D eigenvalue weighted by Crippen LogP contribution is -2.32. The lowest BCUT2D eigenvalue weighted by molar-refractivity contribution is 0.0745. The average Bonchev–Trinajstić information content (AvgIpc) is 3.17. The van der Waals surface area contributed by atoms with Gasteiger partial charge in [-0.2, -0.15) is 0 Å². The van der Waals surface area contributed by atoms with Gasteiger partial charge in [0.05, 0.1) is 10.4 Å². The number of pyridine rings is 1. The van der Waals surface area contributed by atoms with E-state index in [0.717, 1.165) is 12.0 Å². The molecular formula is C21H20N2O2S. The highest BCUT2D eigenvalue weighted by Crippen LogP contribution is 2.18. The summed E-state index contributed by atoms with van der Waals surface area (Å²) < 4.78 is 0. The van der Waals surface area contributed by atoms with Crippen LogP contribution in [0, 0.1) is 0 Å². The molecule has 0 radical (unpaired) electrons. The van der Waals surface area contributed by atoms with Gasteiger partial charge in [0, 0.05) is 30.9 Å². The molecule has 2 aromatic heterocycles. The number of nitrogens with zero attached hydrogens (tertiary/aromatic N) is 2. The van der Waals surface area contributed by atoms with Crippen LogP contribution in [-0.4, -0.2) is 28.1 Å². The lowest BCUT2D eigenvalue weighted by atomic mass is 10.1. The average molecular weight is 364 g/mol. The molecule has 4 nitrogen and oxygen atoms in total. The van der Waals surface area contributed by atoms with Crippen LogP contribution >= 0.6 is 11.3 Å². The van der Waals surface area contributed by atoms with Gasteiger partial charge in [-0.3, -0.25) is 14.6 Å². The molecular weight excluding hydrogens is 344 g/mol. The second-order valence-electron chi connectivity index (χ2n) is 6.08. The van der Waals surface area contributed by atoms with Crippen molar-refractivity contribution in [2.24, 2.45) is 0 Å². The van der Waals surface area contributed by atoms with Gasteiger partial charge in [0.15, 0.2) is 5.78 Å². The molecule has 3 aromatic rings. The molecule has 132 valence electrons. The molecule has 0 unspecified atom stereocenters. The van der Waals surface area contributed by atoms with Crippen LogP contribution < -0.4 is 0 Å². The largest absolute Gasteiger partial charge is 0.334 e. The summed E-state index contributed by atoms with van der Waals surface area (Å²) in [7, 11) is 0. The van der Waals surface area contributed by atoms with E-state index < -0.39 is 0 Å². The fraction of sp³-hybridized carbons (Fsp3) is 0.190. The van der Waals surface area contributed by atoms with Gasteiger partial charge in [-0.1, -0.05) is 36.4 Å². The van der Waals surface area contributed by atoms with Gasteiger partial charge >= 0.3 is 0 Å². The topological polar surface area (TPSA) is 50.3 Å². The van der Waals surface area contributed by atoms with Crippen LogP contribution in [0.25, 0.3) is 0 Å². The van der Waals surface area contributed by atoms with Gasteiger partial charge < -0.3 is 4.90 Å². The van der Waals surface area contributed by atoms with Crippen LogP contribution in [-0.2, 0) is 13.0 Å². The summed E-state index contributed by atoms with van der Waals surface area (Å²) in [6.45, 7) is 2.61. The normalized spacial score (nSPS) is 10.5. The number of benzene rings is 1. The Balaban J connectivity index is 1.78. The SMILES string of the molecule is CC(=O)c1cc(C(=O)N(CCc2ccccc2)Cc2cccnc2)cs1. The Morgan fingerprint density at radius 2 is 1.85 bits per heavy atom. The zero-order valence-corrected chi connectivity index (χ0v) is 15.4. The predicted octanol–water partition coefficient (Wildman–Crippen LogP) is 4.23. The standard InChI is InChI=1S/C21H20N2O2S/c1-16(24)20-12-19(15-26-20)21(25)23(14-18-8-5-10-22-13-18)11-9-17-6-3-2-4-7-17/h2-8,10,12-13,15H,9,11,14H2,1H3. The molecule has 0 aliphatic heterocycles. The van der Waals surface area contributed by atoms with Gasteiger partial charge in [0.2, 0.25) is 0 Å². The van der Waals surface area contributed by atoms with Crippen LogP contribution in [0.3, 0.4) is 0 Å². The quantitative estimate of drug-likeness (QED) is 0.590. The summed E-state index contributed by atoms with van der Waals surface area (Å²) in [5.74, 6) is -0.0781. The Bertz CT molecular complexity index is 875. The highest BCUT2D eigenvalue weighted by Gasteiger charge is 2.18. The molecule has 0 atom stereocenters. The number of carbonyl (C=O) groups excluding carboxylic acids is 2. The van der Waals surface area contributed by atoms with Gasteiger partial charge in [-0.15, -0.1) is 11.3 Å². The van der Waals surface area contributed by atoms with Gasteiger partial charge in [-0.25, -0.2) is 0 Å². The lowest BCUT2D eigenvalue weighted by Gasteiger charge is -2.22. The van der Waals surface area contributed by atoms with E-state index in [1.807, 2.05) is 35.2 Å². The van der Waals surface area contributed by atoms with Crippen molar-refractivity contribution in [3.05, 3.63) is 87.9 Å². The fourth-order valence-corrected chi connectivity index (χ4v) is 3.47. The number of hydrogen-bond acceptors (Lipinski definition) is 4. The number of amides is 1. The highest BCUT2D eigenvalue weighted by molar-refractivity contribution is 7.12. The minimum Gasteiger partial charge on any atom is -0.334 e. The van der Waals surface area contributed by atoms with Gasteiger partial charge in [-0.05, 0) is 36.6 Å². The maximum absolute atomic E-state index is 13.0. The van der Waals surface area contributed by atoms with Crippen LogP contribution in [0.5, 0.6) is 0 Å². The van der Waals surface area contributed by atoms with Crippen molar-refractivity contribution in [2.45, 2.75) is 19.9 Å². The van der Waals surface area contributed by atoms with Crippen molar-refractivity contribution in [3.8, 4) is 0 Å². The third-order valence-corrected chi connectivity index (χ3v) is 5.12. The first-order valence-corrected chi connectivity index (χ1v) is 9.33. The highest BCUT2D eigenvalue weighted by atomic mass is 32.1. The second-order valence-corrected chi connectivity index (χ2v) is 6.99. The van der Waals surface area contributed by atoms with Crippen molar-refractivity contribution in [3.63, 3.8) is 0 Å². The summed E-state index contributed by atoms with van der Waals surface area (Å²) in [5.41, 5.74) is 2.74. The predicted molar refractivity (Wildman–Crippen MR) is 103 cm³/mol. The van der Waals surface area contributed by atoms with Crippen LogP contribution in [0.2, 0.25) is 0 Å². The van der Waals surface area contributed by atoms with Crippen molar-refractivity contribution >= 4 is 23.0 Å². The summed E-state index contributed by atoms with van der Waals surface area (Å²) >= 11 is 1.31. The molecule has 1 amide bonds. The molecule has 2 heterocycles. The van der Waals surface area contributed by atoms with Crippen molar-refractivity contribution in [1.29, 1.82) is 0 Å². The molecule has 5 heteroatoms. The molecule has 0 aliphatic carbocycles. The van der Waals surface area contributed by atoms with Gasteiger partial charge in [0.1, 0.15) is 0 Å². The number of aromatic nitrogens is 1. The number of hydrogen-bond donors (Lipinski definition) is 0. The zero-order valence-electron chi connectivity index (χ0n) is 14.6. The van der Waals surface area contributed by atoms with Crippen molar-refractivity contribution in [1.82, 2.24) is 9.88 Å². The summed E-state index contributed by atoms with van der Waals surface area (Å²) in [6, 6.07) is 15.6.